The summed E-state index contributed by atoms with van der Waals surface area (Å²) in [4.78, 5) is 16.8. The smallest absolute Gasteiger partial charge is 0.251 e. The standard InChI is InChI=1S/C18H18ClN3O2/c1-2-22-15-6-4-3-5-14(15)21-17(22)9-10-20-18(24)12-7-8-16(23)13(19)11-12/h3-8,11,23H,2,9-10H2,1H3,(H,20,24). The molecule has 0 bridgehead atoms. The predicted octanol–water partition coefficient (Wildman–Crippen LogP) is 3.39. The molecular formula is C18H18ClN3O2. The number of carbonyl (C=O) groups is 1. The minimum absolute atomic E-state index is 0.0371. The first-order valence-corrected chi connectivity index (χ1v) is 8.18. The van der Waals surface area contributed by atoms with Crippen LogP contribution in [0.4, 0.5) is 0 Å². The second-order valence-corrected chi connectivity index (χ2v) is 5.84. The lowest BCUT2D eigenvalue weighted by molar-refractivity contribution is 0.0954. The fourth-order valence-corrected chi connectivity index (χ4v) is 2.89. The van der Waals surface area contributed by atoms with E-state index in [-0.39, 0.29) is 16.7 Å². The molecule has 2 aromatic carbocycles. The van der Waals surface area contributed by atoms with Crippen molar-refractivity contribution in [1.82, 2.24) is 14.9 Å². The highest BCUT2D eigenvalue weighted by Crippen LogP contribution is 2.23. The Balaban J connectivity index is 1.68. The van der Waals surface area contributed by atoms with Gasteiger partial charge in [0.1, 0.15) is 11.6 Å². The fraction of sp³-hybridized carbons (Fsp3) is 0.222. The van der Waals surface area contributed by atoms with Gasteiger partial charge >= 0.3 is 0 Å². The average molecular weight is 344 g/mol. The highest BCUT2D eigenvalue weighted by molar-refractivity contribution is 6.32. The third kappa shape index (κ3) is 3.21. The van der Waals surface area contributed by atoms with Crippen molar-refractivity contribution in [3.05, 3.63) is 58.9 Å². The topological polar surface area (TPSA) is 67.2 Å². The van der Waals surface area contributed by atoms with Crippen LogP contribution in [0.15, 0.2) is 42.5 Å². The second kappa shape index (κ2) is 6.93. The van der Waals surface area contributed by atoms with E-state index in [0.717, 1.165) is 23.4 Å². The van der Waals surface area contributed by atoms with Gasteiger partial charge in [-0.25, -0.2) is 4.98 Å². The lowest BCUT2D eigenvalue weighted by Gasteiger charge is -2.08. The van der Waals surface area contributed by atoms with E-state index < -0.39 is 0 Å². The Morgan fingerprint density at radius 2 is 2.08 bits per heavy atom. The number of para-hydroxylation sites is 2. The Morgan fingerprint density at radius 1 is 1.29 bits per heavy atom. The van der Waals surface area contributed by atoms with Gasteiger partial charge in [0.25, 0.3) is 5.91 Å². The molecule has 0 aliphatic carbocycles. The highest BCUT2D eigenvalue weighted by atomic mass is 35.5. The molecule has 6 heteroatoms. The number of aryl methyl sites for hydroxylation is 1. The SMILES string of the molecule is CCn1c(CCNC(=O)c2ccc(O)c(Cl)c2)nc2ccccc21. The number of imidazole rings is 1. The lowest BCUT2D eigenvalue weighted by Crippen LogP contribution is -2.26. The third-order valence-corrected chi connectivity index (χ3v) is 4.20. The maximum absolute atomic E-state index is 12.1. The maximum Gasteiger partial charge on any atom is 0.251 e. The molecule has 0 spiro atoms. The summed E-state index contributed by atoms with van der Waals surface area (Å²) in [5, 5.41) is 12.4. The van der Waals surface area contributed by atoms with Crippen molar-refractivity contribution in [3.8, 4) is 5.75 Å². The number of aromatic hydroxyl groups is 1. The van der Waals surface area contributed by atoms with Crippen LogP contribution in [0.5, 0.6) is 5.75 Å². The highest BCUT2D eigenvalue weighted by Gasteiger charge is 2.11. The van der Waals surface area contributed by atoms with Crippen LogP contribution in [0.25, 0.3) is 11.0 Å². The molecule has 0 aliphatic rings. The van der Waals surface area contributed by atoms with E-state index in [0.29, 0.717) is 18.5 Å². The first-order chi connectivity index (χ1) is 11.6. The molecule has 0 fully saturated rings. The molecule has 0 radical (unpaired) electrons. The van der Waals surface area contributed by atoms with Crippen molar-refractivity contribution < 1.29 is 9.90 Å². The number of aromatic nitrogens is 2. The number of halogens is 1. The van der Waals surface area contributed by atoms with E-state index in [9.17, 15) is 9.90 Å². The third-order valence-electron chi connectivity index (χ3n) is 3.89. The van der Waals surface area contributed by atoms with Gasteiger partial charge in [0.2, 0.25) is 0 Å². The number of nitrogens with one attached hydrogen (secondary N) is 1. The van der Waals surface area contributed by atoms with Crippen molar-refractivity contribution in [2.45, 2.75) is 19.9 Å². The van der Waals surface area contributed by atoms with E-state index in [1.165, 1.54) is 18.2 Å². The molecule has 0 saturated carbocycles. The van der Waals surface area contributed by atoms with Gasteiger partial charge in [-0.2, -0.15) is 0 Å². The van der Waals surface area contributed by atoms with Crippen LogP contribution in [0, 0.1) is 0 Å². The molecule has 5 nitrogen and oxygen atoms in total. The number of fused-ring (bicyclic) bond motifs is 1. The molecular weight excluding hydrogens is 326 g/mol. The quantitative estimate of drug-likeness (QED) is 0.746. The van der Waals surface area contributed by atoms with E-state index in [1.807, 2.05) is 24.3 Å². The Kier molecular flexibility index (Phi) is 4.71. The maximum atomic E-state index is 12.1. The van der Waals surface area contributed by atoms with Crippen LogP contribution >= 0.6 is 11.6 Å². The van der Waals surface area contributed by atoms with Gasteiger partial charge in [0.05, 0.1) is 16.1 Å². The summed E-state index contributed by atoms with van der Waals surface area (Å²) in [6.45, 7) is 3.38. The number of hydrogen-bond donors (Lipinski definition) is 2. The van der Waals surface area contributed by atoms with Gasteiger partial charge < -0.3 is 15.0 Å². The van der Waals surface area contributed by atoms with Crippen molar-refractivity contribution >= 4 is 28.5 Å². The monoisotopic (exact) mass is 343 g/mol. The van der Waals surface area contributed by atoms with Crippen molar-refractivity contribution in [2.75, 3.05) is 6.54 Å². The van der Waals surface area contributed by atoms with Crippen LogP contribution in [0.3, 0.4) is 0 Å². The summed E-state index contributed by atoms with van der Waals surface area (Å²) in [5.74, 6) is 0.684. The number of hydrogen-bond acceptors (Lipinski definition) is 3. The largest absolute Gasteiger partial charge is 0.506 e. The summed E-state index contributed by atoms with van der Waals surface area (Å²) in [6.07, 6.45) is 0.639. The first-order valence-electron chi connectivity index (χ1n) is 7.81. The zero-order valence-electron chi connectivity index (χ0n) is 13.3. The minimum atomic E-state index is -0.226. The molecule has 0 atom stereocenters. The molecule has 1 heterocycles. The Hall–Kier alpha value is -2.53. The molecule has 0 aliphatic heterocycles. The van der Waals surface area contributed by atoms with Crippen LogP contribution in [-0.2, 0) is 13.0 Å². The summed E-state index contributed by atoms with van der Waals surface area (Å²) >= 11 is 5.83. The van der Waals surface area contributed by atoms with Gasteiger partial charge in [0, 0.05) is 25.1 Å². The normalized spacial score (nSPS) is 10.9. The molecule has 24 heavy (non-hydrogen) atoms. The number of phenolic OH excluding ortho intramolecular Hbond substituents is 1. The van der Waals surface area contributed by atoms with E-state index in [2.05, 4.69) is 21.8 Å². The fourth-order valence-electron chi connectivity index (χ4n) is 2.71. The number of benzene rings is 2. The van der Waals surface area contributed by atoms with Crippen molar-refractivity contribution in [1.29, 1.82) is 0 Å². The van der Waals surface area contributed by atoms with Gasteiger partial charge in [0.15, 0.2) is 0 Å². The van der Waals surface area contributed by atoms with Crippen LogP contribution < -0.4 is 5.32 Å². The van der Waals surface area contributed by atoms with Gasteiger partial charge in [-0.05, 0) is 37.3 Å². The van der Waals surface area contributed by atoms with Crippen LogP contribution in [0.2, 0.25) is 5.02 Å². The van der Waals surface area contributed by atoms with Gasteiger partial charge in [-0.3, -0.25) is 4.79 Å². The number of carbonyl (C=O) groups excluding carboxylic acids is 1. The molecule has 1 aromatic heterocycles. The van der Waals surface area contributed by atoms with E-state index in [1.54, 1.807) is 0 Å². The Bertz CT molecular complexity index is 889. The van der Waals surface area contributed by atoms with Crippen molar-refractivity contribution in [2.24, 2.45) is 0 Å². The van der Waals surface area contributed by atoms with Gasteiger partial charge in [-0.15, -0.1) is 0 Å². The van der Waals surface area contributed by atoms with E-state index >= 15 is 0 Å². The number of phenols is 1. The van der Waals surface area contributed by atoms with Crippen LogP contribution in [-0.4, -0.2) is 27.1 Å². The Labute approximate surface area is 144 Å². The van der Waals surface area contributed by atoms with Gasteiger partial charge in [-0.1, -0.05) is 23.7 Å². The molecule has 1 amide bonds. The number of rotatable bonds is 5. The molecule has 124 valence electrons. The summed E-state index contributed by atoms with van der Waals surface area (Å²) < 4.78 is 2.15. The van der Waals surface area contributed by atoms with Crippen LogP contribution in [0.1, 0.15) is 23.1 Å². The summed E-state index contributed by atoms with van der Waals surface area (Å²) in [6, 6.07) is 12.4. The van der Waals surface area contributed by atoms with E-state index in [4.69, 9.17) is 11.6 Å². The minimum Gasteiger partial charge on any atom is -0.506 e. The molecule has 2 N–H and O–H groups in total. The molecule has 0 unspecified atom stereocenters. The average Bonchev–Trinajstić information content (AvgIpc) is 2.94. The Morgan fingerprint density at radius 3 is 2.83 bits per heavy atom. The zero-order chi connectivity index (χ0) is 17.1. The molecule has 0 saturated heterocycles. The first kappa shape index (κ1) is 16.3. The van der Waals surface area contributed by atoms with Crippen molar-refractivity contribution in [3.63, 3.8) is 0 Å². The number of amides is 1. The zero-order valence-corrected chi connectivity index (χ0v) is 14.0. The number of nitrogens with zero attached hydrogens (tertiary/aromatic N) is 2. The lowest BCUT2D eigenvalue weighted by atomic mass is 10.2. The summed E-state index contributed by atoms with van der Waals surface area (Å²) in [7, 11) is 0. The predicted molar refractivity (Wildman–Crippen MR) is 94.6 cm³/mol. The molecule has 3 rings (SSSR count). The second-order valence-electron chi connectivity index (χ2n) is 5.43. The summed E-state index contributed by atoms with van der Waals surface area (Å²) in [5.41, 5.74) is 2.49. The molecule has 3 aromatic rings.